The Balaban J connectivity index is 2.99. The Labute approximate surface area is 120 Å². The summed E-state index contributed by atoms with van der Waals surface area (Å²) in [7, 11) is 1.66. The average Bonchev–Trinajstić information content (AvgIpc) is 2.33. The molecule has 0 aliphatic carbocycles. The van der Waals surface area contributed by atoms with Crippen LogP contribution in [0.25, 0.3) is 0 Å². The summed E-state index contributed by atoms with van der Waals surface area (Å²) in [4.78, 5) is 20.7. The SMILES string of the molecule is CCC(Sc1nc(Cl)cc(N(C)C(C)O)n1)C(=O)O. The lowest BCUT2D eigenvalue weighted by atomic mass is 10.3. The predicted octanol–water partition coefficient (Wildman–Crippen LogP) is 1.86. The van der Waals surface area contributed by atoms with Gasteiger partial charge in [-0.2, -0.15) is 0 Å². The van der Waals surface area contributed by atoms with Crippen molar-refractivity contribution in [3.8, 4) is 0 Å². The third-order valence-electron chi connectivity index (χ3n) is 2.48. The van der Waals surface area contributed by atoms with E-state index in [4.69, 9.17) is 16.7 Å². The zero-order valence-electron chi connectivity index (χ0n) is 10.9. The van der Waals surface area contributed by atoms with Crippen LogP contribution >= 0.6 is 23.4 Å². The molecule has 1 rings (SSSR count). The quantitative estimate of drug-likeness (QED) is 0.359. The Bertz CT molecular complexity index is 459. The number of thioether (sulfide) groups is 1. The van der Waals surface area contributed by atoms with E-state index in [2.05, 4.69) is 9.97 Å². The molecule has 106 valence electrons. The van der Waals surface area contributed by atoms with Crippen molar-refractivity contribution < 1.29 is 15.0 Å². The fraction of sp³-hybridized carbons (Fsp3) is 0.545. The van der Waals surface area contributed by atoms with E-state index in [0.29, 0.717) is 12.2 Å². The number of aliphatic carboxylic acids is 1. The Morgan fingerprint density at radius 3 is 2.68 bits per heavy atom. The van der Waals surface area contributed by atoms with E-state index in [0.717, 1.165) is 11.8 Å². The number of anilines is 1. The second kappa shape index (κ2) is 6.93. The van der Waals surface area contributed by atoms with Gasteiger partial charge in [-0.05, 0) is 13.3 Å². The van der Waals surface area contributed by atoms with Gasteiger partial charge in [-0.15, -0.1) is 0 Å². The van der Waals surface area contributed by atoms with Gasteiger partial charge in [0.2, 0.25) is 0 Å². The smallest absolute Gasteiger partial charge is 0.317 e. The summed E-state index contributed by atoms with van der Waals surface area (Å²) in [6, 6.07) is 1.51. The molecule has 8 heteroatoms. The van der Waals surface area contributed by atoms with Crippen LogP contribution in [-0.4, -0.2) is 44.7 Å². The molecule has 0 aromatic carbocycles. The molecule has 0 saturated heterocycles. The van der Waals surface area contributed by atoms with Gasteiger partial charge in [-0.1, -0.05) is 30.3 Å². The van der Waals surface area contributed by atoms with Crippen molar-refractivity contribution in [1.82, 2.24) is 9.97 Å². The Hall–Kier alpha value is -1.05. The maximum atomic E-state index is 11.0. The monoisotopic (exact) mass is 305 g/mol. The summed E-state index contributed by atoms with van der Waals surface area (Å²) in [5, 5.41) is 18.4. The topological polar surface area (TPSA) is 86.5 Å². The van der Waals surface area contributed by atoms with E-state index in [9.17, 15) is 9.90 Å². The number of aromatic nitrogens is 2. The highest BCUT2D eigenvalue weighted by Gasteiger charge is 2.19. The molecule has 19 heavy (non-hydrogen) atoms. The van der Waals surface area contributed by atoms with Gasteiger partial charge in [0.05, 0.1) is 0 Å². The molecule has 2 N–H and O–H groups in total. The summed E-state index contributed by atoms with van der Waals surface area (Å²) in [6.45, 7) is 3.37. The predicted molar refractivity (Wildman–Crippen MR) is 74.7 cm³/mol. The van der Waals surface area contributed by atoms with Crippen molar-refractivity contribution in [3.05, 3.63) is 11.2 Å². The molecule has 0 bridgehead atoms. The highest BCUT2D eigenvalue weighted by Crippen LogP contribution is 2.26. The van der Waals surface area contributed by atoms with E-state index < -0.39 is 17.4 Å². The summed E-state index contributed by atoms with van der Waals surface area (Å²) in [6.07, 6.45) is -0.275. The third-order valence-corrected chi connectivity index (χ3v) is 3.88. The molecule has 0 fully saturated rings. The average molecular weight is 306 g/mol. The lowest BCUT2D eigenvalue weighted by molar-refractivity contribution is -0.136. The van der Waals surface area contributed by atoms with Crippen LogP contribution in [0.4, 0.5) is 5.82 Å². The van der Waals surface area contributed by atoms with E-state index in [-0.39, 0.29) is 10.3 Å². The molecule has 0 aliphatic rings. The molecule has 0 saturated carbocycles. The molecule has 1 heterocycles. The van der Waals surface area contributed by atoms with Gasteiger partial charge in [-0.3, -0.25) is 4.79 Å². The summed E-state index contributed by atoms with van der Waals surface area (Å²) >= 11 is 6.92. The first kappa shape index (κ1) is 16.0. The zero-order chi connectivity index (χ0) is 14.6. The second-order valence-corrected chi connectivity index (χ2v) is 5.48. The van der Waals surface area contributed by atoms with Crippen molar-refractivity contribution in [2.24, 2.45) is 0 Å². The van der Waals surface area contributed by atoms with E-state index >= 15 is 0 Å². The Morgan fingerprint density at radius 1 is 1.58 bits per heavy atom. The first-order valence-electron chi connectivity index (χ1n) is 5.70. The van der Waals surface area contributed by atoms with Crippen LogP contribution < -0.4 is 4.90 Å². The maximum Gasteiger partial charge on any atom is 0.317 e. The van der Waals surface area contributed by atoms with Gasteiger partial charge in [0, 0.05) is 13.1 Å². The lowest BCUT2D eigenvalue weighted by Gasteiger charge is -2.21. The van der Waals surface area contributed by atoms with E-state index in [1.54, 1.807) is 20.9 Å². The lowest BCUT2D eigenvalue weighted by Crippen LogP contribution is -2.29. The molecule has 2 unspecified atom stereocenters. The number of carbonyl (C=O) groups is 1. The van der Waals surface area contributed by atoms with Gasteiger partial charge in [0.25, 0.3) is 0 Å². The van der Waals surface area contributed by atoms with Crippen molar-refractivity contribution in [3.63, 3.8) is 0 Å². The molecule has 1 aromatic rings. The highest BCUT2D eigenvalue weighted by molar-refractivity contribution is 8.00. The van der Waals surface area contributed by atoms with Gasteiger partial charge >= 0.3 is 5.97 Å². The molecular weight excluding hydrogens is 290 g/mol. The molecule has 6 nitrogen and oxygen atoms in total. The molecule has 0 spiro atoms. The largest absolute Gasteiger partial charge is 0.480 e. The number of carboxylic acids is 1. The first-order valence-corrected chi connectivity index (χ1v) is 6.95. The van der Waals surface area contributed by atoms with Gasteiger partial charge < -0.3 is 15.1 Å². The van der Waals surface area contributed by atoms with Crippen LogP contribution in [0.5, 0.6) is 0 Å². The molecule has 1 aromatic heterocycles. The van der Waals surface area contributed by atoms with Crippen molar-refractivity contribution in [2.45, 2.75) is 36.9 Å². The molecule has 0 aliphatic heterocycles. The Kier molecular flexibility index (Phi) is 5.84. The standard InChI is InChI=1S/C11H16ClN3O3S/c1-4-7(10(17)18)19-11-13-8(12)5-9(14-11)15(3)6(2)16/h5-7,16H,4H2,1-3H3,(H,17,18). The van der Waals surface area contributed by atoms with Gasteiger partial charge in [-0.25, -0.2) is 9.97 Å². The first-order chi connectivity index (χ1) is 8.85. The van der Waals surface area contributed by atoms with Crippen LogP contribution in [0.2, 0.25) is 5.15 Å². The number of halogens is 1. The number of hydrogen-bond acceptors (Lipinski definition) is 6. The highest BCUT2D eigenvalue weighted by atomic mass is 35.5. The van der Waals surface area contributed by atoms with Crippen LogP contribution in [0.15, 0.2) is 11.2 Å². The number of rotatable bonds is 6. The van der Waals surface area contributed by atoms with Crippen molar-refractivity contribution in [1.29, 1.82) is 0 Å². The second-order valence-electron chi connectivity index (χ2n) is 3.93. The van der Waals surface area contributed by atoms with E-state index in [1.807, 2.05) is 0 Å². The van der Waals surface area contributed by atoms with Crippen LogP contribution in [0, 0.1) is 0 Å². The zero-order valence-corrected chi connectivity index (χ0v) is 12.4. The minimum Gasteiger partial charge on any atom is -0.480 e. The minimum absolute atomic E-state index is 0.209. The van der Waals surface area contributed by atoms with Crippen LogP contribution in [0.3, 0.4) is 0 Å². The van der Waals surface area contributed by atoms with Gasteiger partial charge in [0.15, 0.2) is 5.16 Å². The summed E-state index contributed by atoms with van der Waals surface area (Å²) in [5.74, 6) is -0.473. The minimum atomic E-state index is -0.915. The van der Waals surface area contributed by atoms with Gasteiger partial charge in [0.1, 0.15) is 22.4 Å². The molecule has 2 atom stereocenters. The normalized spacial score (nSPS) is 13.9. The molecule has 0 radical (unpaired) electrons. The fourth-order valence-corrected chi connectivity index (χ4v) is 2.29. The molecule has 0 amide bonds. The number of nitrogens with zero attached hydrogens (tertiary/aromatic N) is 3. The maximum absolute atomic E-state index is 11.0. The van der Waals surface area contributed by atoms with Crippen molar-refractivity contribution in [2.75, 3.05) is 11.9 Å². The third kappa shape index (κ3) is 4.52. The fourth-order valence-electron chi connectivity index (χ4n) is 1.25. The number of carboxylic acid groups (broad SMARTS) is 1. The number of aliphatic hydroxyl groups is 1. The Morgan fingerprint density at radius 2 is 2.21 bits per heavy atom. The number of aliphatic hydroxyl groups excluding tert-OH is 1. The van der Waals surface area contributed by atoms with E-state index in [1.165, 1.54) is 11.0 Å². The van der Waals surface area contributed by atoms with Crippen molar-refractivity contribution >= 4 is 35.1 Å². The summed E-state index contributed by atoms with van der Waals surface area (Å²) in [5.41, 5.74) is 0. The number of hydrogen-bond donors (Lipinski definition) is 2. The summed E-state index contributed by atoms with van der Waals surface area (Å²) < 4.78 is 0. The molecular formula is C11H16ClN3O3S. The van der Waals surface area contributed by atoms with Crippen LogP contribution in [-0.2, 0) is 4.79 Å². The van der Waals surface area contributed by atoms with Crippen LogP contribution in [0.1, 0.15) is 20.3 Å².